The minimum atomic E-state index is 0.139. The van der Waals surface area contributed by atoms with Crippen molar-refractivity contribution in [3.8, 4) is 0 Å². The van der Waals surface area contributed by atoms with E-state index in [4.69, 9.17) is 0 Å². The number of nitrogens with one attached hydrogen (secondary N) is 3. The van der Waals surface area contributed by atoms with Crippen molar-refractivity contribution >= 4 is 5.91 Å². The highest BCUT2D eigenvalue weighted by Gasteiger charge is 2.14. The van der Waals surface area contributed by atoms with Crippen molar-refractivity contribution in [2.24, 2.45) is 0 Å². The Morgan fingerprint density at radius 1 is 1.37 bits per heavy atom. The molecule has 0 aromatic heterocycles. The van der Waals surface area contributed by atoms with Gasteiger partial charge in [0.25, 0.3) is 0 Å². The molecule has 1 saturated heterocycles. The molecule has 0 spiro atoms. The largest absolute Gasteiger partial charge is 0.356 e. The zero-order valence-corrected chi connectivity index (χ0v) is 12.0. The zero-order valence-electron chi connectivity index (χ0n) is 12.0. The number of hydrogen-bond donors (Lipinski definition) is 3. The molecule has 0 aromatic rings. The Labute approximate surface area is 116 Å². The summed E-state index contributed by atoms with van der Waals surface area (Å²) in [5.41, 5.74) is 1.10. The minimum Gasteiger partial charge on any atom is -0.356 e. The molecule has 1 fully saturated rings. The highest BCUT2D eigenvalue weighted by molar-refractivity contribution is 5.75. The second kappa shape index (κ2) is 8.88. The third-order valence-corrected chi connectivity index (χ3v) is 3.64. The van der Waals surface area contributed by atoms with Crippen LogP contribution in [-0.4, -0.2) is 38.1 Å². The summed E-state index contributed by atoms with van der Waals surface area (Å²) in [4.78, 5) is 11.7. The zero-order chi connectivity index (χ0) is 14.1. The molecule has 1 aliphatic rings. The first-order valence-electron chi connectivity index (χ1n) is 7.15. The first-order chi connectivity index (χ1) is 9.17. The van der Waals surface area contributed by atoms with Crippen LogP contribution in [0.15, 0.2) is 24.8 Å². The first-order valence-corrected chi connectivity index (χ1v) is 7.15. The fraction of sp³-hybridized carbons (Fsp3) is 0.667. The summed E-state index contributed by atoms with van der Waals surface area (Å²) < 4.78 is 0. The summed E-state index contributed by atoms with van der Waals surface area (Å²) >= 11 is 0. The summed E-state index contributed by atoms with van der Waals surface area (Å²) in [6.07, 6.45) is 6.47. The lowest BCUT2D eigenvalue weighted by atomic mass is 10.0. The molecule has 1 rings (SSSR count). The summed E-state index contributed by atoms with van der Waals surface area (Å²) in [6.45, 7) is 9.53. The van der Waals surface area contributed by atoms with Gasteiger partial charge in [0, 0.05) is 31.6 Å². The van der Waals surface area contributed by atoms with Crippen LogP contribution in [0.5, 0.6) is 0 Å². The second-order valence-corrected chi connectivity index (χ2v) is 5.11. The maximum Gasteiger partial charge on any atom is 0.220 e. The number of carbonyl (C=O) groups is 1. The Balaban J connectivity index is 2.60. The Hall–Kier alpha value is -1.13. The van der Waals surface area contributed by atoms with E-state index in [1.165, 1.54) is 0 Å². The molecule has 108 valence electrons. The van der Waals surface area contributed by atoms with Gasteiger partial charge >= 0.3 is 0 Å². The van der Waals surface area contributed by atoms with Gasteiger partial charge in [-0.2, -0.15) is 0 Å². The molecule has 0 aromatic carbocycles. The van der Waals surface area contributed by atoms with Crippen LogP contribution in [0.2, 0.25) is 0 Å². The van der Waals surface area contributed by atoms with Gasteiger partial charge in [-0.05, 0) is 38.3 Å². The van der Waals surface area contributed by atoms with E-state index >= 15 is 0 Å². The molecule has 4 nitrogen and oxygen atoms in total. The van der Waals surface area contributed by atoms with Crippen molar-refractivity contribution in [1.29, 1.82) is 0 Å². The van der Waals surface area contributed by atoms with Crippen molar-refractivity contribution in [2.75, 3.05) is 20.1 Å². The second-order valence-electron chi connectivity index (χ2n) is 5.11. The van der Waals surface area contributed by atoms with Crippen molar-refractivity contribution in [3.63, 3.8) is 0 Å². The van der Waals surface area contributed by atoms with Crippen molar-refractivity contribution in [2.45, 2.75) is 44.2 Å². The highest BCUT2D eigenvalue weighted by Crippen LogP contribution is 2.09. The smallest absolute Gasteiger partial charge is 0.220 e. The van der Waals surface area contributed by atoms with Crippen molar-refractivity contribution < 1.29 is 4.79 Å². The molecule has 2 unspecified atom stereocenters. The van der Waals surface area contributed by atoms with Gasteiger partial charge in [0.15, 0.2) is 0 Å². The van der Waals surface area contributed by atoms with E-state index in [0.29, 0.717) is 12.5 Å². The van der Waals surface area contributed by atoms with Gasteiger partial charge in [0.2, 0.25) is 5.91 Å². The lowest BCUT2D eigenvalue weighted by Crippen LogP contribution is -2.36. The van der Waals surface area contributed by atoms with E-state index in [2.05, 4.69) is 29.1 Å². The molecule has 1 amide bonds. The molecule has 2 atom stereocenters. The lowest BCUT2D eigenvalue weighted by molar-refractivity contribution is -0.121. The molecule has 19 heavy (non-hydrogen) atoms. The number of likely N-dealkylation sites (N-methyl/N-ethyl adjacent to an activating group) is 1. The molecular weight excluding hydrogens is 238 g/mol. The molecule has 4 heteroatoms. The Bertz CT molecular complexity index is 315. The van der Waals surface area contributed by atoms with Gasteiger partial charge in [0.05, 0.1) is 0 Å². The van der Waals surface area contributed by atoms with E-state index in [0.717, 1.165) is 44.3 Å². The monoisotopic (exact) mass is 265 g/mol. The molecule has 1 aliphatic heterocycles. The highest BCUT2D eigenvalue weighted by atomic mass is 16.1. The molecule has 0 radical (unpaired) electrons. The SMILES string of the molecule is C=CC1CCCCNC(=O)CCC(NC)C(=C)CN1. The summed E-state index contributed by atoms with van der Waals surface area (Å²) in [6, 6.07) is 0.509. The van der Waals surface area contributed by atoms with E-state index < -0.39 is 0 Å². The van der Waals surface area contributed by atoms with E-state index in [1.54, 1.807) is 0 Å². The van der Waals surface area contributed by atoms with E-state index in [-0.39, 0.29) is 11.9 Å². The molecular formula is C15H27N3O. The maximum absolute atomic E-state index is 11.7. The van der Waals surface area contributed by atoms with E-state index in [1.807, 2.05) is 13.1 Å². The lowest BCUT2D eigenvalue weighted by Gasteiger charge is -2.21. The fourth-order valence-corrected chi connectivity index (χ4v) is 2.32. The Morgan fingerprint density at radius 2 is 2.16 bits per heavy atom. The predicted molar refractivity (Wildman–Crippen MR) is 80.1 cm³/mol. The van der Waals surface area contributed by atoms with Gasteiger partial charge < -0.3 is 16.0 Å². The molecule has 1 heterocycles. The normalized spacial score (nSPS) is 27.6. The van der Waals surface area contributed by atoms with E-state index in [9.17, 15) is 4.79 Å². The van der Waals surface area contributed by atoms with Gasteiger partial charge in [-0.3, -0.25) is 4.79 Å². The fourth-order valence-electron chi connectivity index (χ4n) is 2.32. The van der Waals surface area contributed by atoms with Crippen LogP contribution < -0.4 is 16.0 Å². The van der Waals surface area contributed by atoms with Gasteiger partial charge in [0.1, 0.15) is 0 Å². The van der Waals surface area contributed by atoms with Crippen LogP contribution in [0.3, 0.4) is 0 Å². The van der Waals surface area contributed by atoms with Gasteiger partial charge in [-0.15, -0.1) is 6.58 Å². The summed E-state index contributed by atoms with van der Waals surface area (Å²) in [5.74, 6) is 0.139. The van der Waals surface area contributed by atoms with Crippen LogP contribution in [0.1, 0.15) is 32.1 Å². The number of rotatable bonds is 2. The predicted octanol–water partition coefficient (Wildman–Crippen LogP) is 1.36. The van der Waals surface area contributed by atoms with Crippen molar-refractivity contribution in [1.82, 2.24) is 16.0 Å². The number of hydrogen-bond acceptors (Lipinski definition) is 3. The minimum absolute atomic E-state index is 0.139. The third kappa shape index (κ3) is 6.03. The summed E-state index contributed by atoms with van der Waals surface area (Å²) in [5, 5.41) is 9.67. The van der Waals surface area contributed by atoms with Crippen LogP contribution in [-0.2, 0) is 4.79 Å². The van der Waals surface area contributed by atoms with Crippen molar-refractivity contribution in [3.05, 3.63) is 24.8 Å². The standard InChI is InChI=1S/C15H27N3O/c1-4-13-7-5-6-10-17-15(19)9-8-14(16-3)12(2)11-18-13/h4,13-14,16,18H,1-2,5-11H2,3H3,(H,17,19). The van der Waals surface area contributed by atoms with Crippen LogP contribution >= 0.6 is 0 Å². The summed E-state index contributed by atoms with van der Waals surface area (Å²) in [7, 11) is 1.91. The quantitative estimate of drug-likeness (QED) is 0.661. The molecule has 0 aliphatic carbocycles. The average molecular weight is 265 g/mol. The topological polar surface area (TPSA) is 53.2 Å². The van der Waals surface area contributed by atoms with Crippen LogP contribution in [0, 0.1) is 0 Å². The average Bonchev–Trinajstić information content (AvgIpc) is 2.42. The number of amides is 1. The van der Waals surface area contributed by atoms with Crippen LogP contribution in [0.25, 0.3) is 0 Å². The van der Waals surface area contributed by atoms with Crippen LogP contribution in [0.4, 0.5) is 0 Å². The third-order valence-electron chi connectivity index (χ3n) is 3.64. The van der Waals surface area contributed by atoms with Gasteiger partial charge in [-0.1, -0.05) is 12.7 Å². The maximum atomic E-state index is 11.7. The number of carbonyl (C=O) groups excluding carboxylic acids is 1. The Morgan fingerprint density at radius 3 is 2.84 bits per heavy atom. The Kier molecular flexibility index (Phi) is 7.45. The first kappa shape index (κ1) is 15.9. The molecule has 3 N–H and O–H groups in total. The molecule has 0 saturated carbocycles. The van der Waals surface area contributed by atoms with Gasteiger partial charge in [-0.25, -0.2) is 0 Å². The molecule has 0 bridgehead atoms.